The van der Waals surface area contributed by atoms with E-state index < -0.39 is 0 Å². The van der Waals surface area contributed by atoms with E-state index in [4.69, 9.17) is 0 Å². The zero-order valence-corrected chi connectivity index (χ0v) is 17.8. The summed E-state index contributed by atoms with van der Waals surface area (Å²) in [5.74, 6) is 1.15. The summed E-state index contributed by atoms with van der Waals surface area (Å²) in [6.07, 6.45) is 3.57. The number of aromatic nitrogens is 4. The molecule has 1 amide bonds. The van der Waals surface area contributed by atoms with Gasteiger partial charge < -0.3 is 15.5 Å². The van der Waals surface area contributed by atoms with Crippen molar-refractivity contribution in [2.75, 3.05) is 17.3 Å². The number of hydrogen-bond donors (Lipinski definition) is 2. The quantitative estimate of drug-likeness (QED) is 0.528. The number of anilines is 4. The second-order valence-electron chi connectivity index (χ2n) is 8.27. The minimum atomic E-state index is -0.362. The molecule has 4 aromatic rings. The average Bonchev–Trinajstić information content (AvgIpc) is 3.23. The molecule has 0 saturated carbocycles. The number of nitrogens with one attached hydrogen (secondary N) is 2. The number of amides is 1. The summed E-state index contributed by atoms with van der Waals surface area (Å²) in [7, 11) is 3.89. The Morgan fingerprint density at radius 2 is 1.97 bits per heavy atom. The summed E-state index contributed by atoms with van der Waals surface area (Å²) in [5, 5.41) is 11.6. The second kappa shape index (κ2) is 6.80. The highest BCUT2D eigenvalue weighted by atomic mass is 16.2. The van der Waals surface area contributed by atoms with Crippen LogP contribution >= 0.6 is 0 Å². The first-order valence-electron chi connectivity index (χ1n) is 10.0. The van der Waals surface area contributed by atoms with Crippen molar-refractivity contribution in [2.45, 2.75) is 19.4 Å². The normalized spacial score (nSPS) is 14.4. The van der Waals surface area contributed by atoms with Crippen molar-refractivity contribution in [3.8, 4) is 0 Å². The van der Waals surface area contributed by atoms with E-state index in [-0.39, 0.29) is 11.4 Å². The molecule has 0 bridgehead atoms. The SMILES string of the molecule is CN(c1ccc2c(cnn2C)c1)c1ccnc(Nc2ccc3c(c2)C(=O)NC3(C)C)n1. The maximum Gasteiger partial charge on any atom is 0.252 e. The first kappa shape index (κ1) is 19.0. The van der Waals surface area contributed by atoms with Crippen LogP contribution in [-0.4, -0.2) is 32.7 Å². The van der Waals surface area contributed by atoms with Gasteiger partial charge in [0.2, 0.25) is 5.95 Å². The third-order valence-corrected chi connectivity index (χ3v) is 5.72. The van der Waals surface area contributed by atoms with Crippen LogP contribution in [0.15, 0.2) is 54.9 Å². The highest BCUT2D eigenvalue weighted by Crippen LogP contribution is 2.33. The third-order valence-electron chi connectivity index (χ3n) is 5.72. The van der Waals surface area contributed by atoms with Crippen molar-refractivity contribution in [1.82, 2.24) is 25.1 Å². The van der Waals surface area contributed by atoms with Gasteiger partial charge in [-0.25, -0.2) is 4.98 Å². The van der Waals surface area contributed by atoms with Crippen molar-refractivity contribution in [2.24, 2.45) is 7.05 Å². The van der Waals surface area contributed by atoms with Crippen LogP contribution in [0.2, 0.25) is 0 Å². The second-order valence-corrected chi connectivity index (χ2v) is 8.27. The maximum atomic E-state index is 12.3. The van der Waals surface area contributed by atoms with Crippen molar-refractivity contribution < 1.29 is 4.79 Å². The number of hydrogen-bond acceptors (Lipinski definition) is 6. The fourth-order valence-corrected chi connectivity index (χ4v) is 3.99. The Kier molecular flexibility index (Phi) is 4.18. The molecule has 0 aliphatic carbocycles. The predicted octanol–water partition coefficient (Wildman–Crippen LogP) is 3.85. The van der Waals surface area contributed by atoms with Crippen LogP contribution in [0, 0.1) is 0 Å². The molecule has 31 heavy (non-hydrogen) atoms. The number of rotatable bonds is 4. The Morgan fingerprint density at radius 1 is 1.13 bits per heavy atom. The lowest BCUT2D eigenvalue weighted by molar-refractivity contribution is 0.0940. The minimum Gasteiger partial charge on any atom is -0.343 e. The van der Waals surface area contributed by atoms with E-state index in [9.17, 15) is 4.79 Å². The van der Waals surface area contributed by atoms with Crippen LogP contribution in [0.5, 0.6) is 0 Å². The molecule has 0 fully saturated rings. The first-order valence-corrected chi connectivity index (χ1v) is 10.0. The molecule has 2 N–H and O–H groups in total. The van der Waals surface area contributed by atoms with Crippen molar-refractivity contribution in [1.29, 1.82) is 0 Å². The Morgan fingerprint density at radius 3 is 2.81 bits per heavy atom. The van der Waals surface area contributed by atoms with Crippen LogP contribution in [0.1, 0.15) is 29.8 Å². The highest BCUT2D eigenvalue weighted by molar-refractivity contribution is 6.00. The lowest BCUT2D eigenvalue weighted by atomic mass is 9.94. The average molecular weight is 413 g/mol. The lowest BCUT2D eigenvalue weighted by Crippen LogP contribution is -2.32. The zero-order valence-electron chi connectivity index (χ0n) is 17.8. The van der Waals surface area contributed by atoms with E-state index >= 15 is 0 Å². The van der Waals surface area contributed by atoms with Crippen molar-refractivity contribution in [3.63, 3.8) is 0 Å². The molecule has 8 nitrogen and oxygen atoms in total. The Hall–Kier alpha value is -3.94. The van der Waals surface area contributed by atoms with Gasteiger partial charge in [0.25, 0.3) is 5.91 Å². The topological polar surface area (TPSA) is 88.0 Å². The fourth-order valence-electron chi connectivity index (χ4n) is 3.99. The van der Waals surface area contributed by atoms with Crippen LogP contribution in [0.4, 0.5) is 23.1 Å². The lowest BCUT2D eigenvalue weighted by Gasteiger charge is -2.19. The minimum absolute atomic E-state index is 0.0659. The van der Waals surface area contributed by atoms with E-state index in [1.807, 2.05) is 80.1 Å². The zero-order chi connectivity index (χ0) is 21.8. The van der Waals surface area contributed by atoms with Gasteiger partial charge in [-0.15, -0.1) is 0 Å². The van der Waals surface area contributed by atoms with E-state index in [1.54, 1.807) is 6.20 Å². The van der Waals surface area contributed by atoms with Crippen LogP contribution in [-0.2, 0) is 12.6 Å². The molecule has 2 aromatic heterocycles. The summed E-state index contributed by atoms with van der Waals surface area (Å²) in [5.41, 5.74) is 4.14. The van der Waals surface area contributed by atoms with Crippen LogP contribution in [0.25, 0.3) is 10.9 Å². The van der Waals surface area contributed by atoms with Gasteiger partial charge in [0, 0.05) is 42.6 Å². The van der Waals surface area contributed by atoms with Crippen molar-refractivity contribution in [3.05, 3.63) is 66.0 Å². The molecule has 0 saturated heterocycles. The molecule has 0 spiro atoms. The molecule has 8 heteroatoms. The summed E-state index contributed by atoms with van der Waals surface area (Å²) in [6, 6.07) is 13.8. The summed E-state index contributed by atoms with van der Waals surface area (Å²) in [6.45, 7) is 3.99. The predicted molar refractivity (Wildman–Crippen MR) is 121 cm³/mol. The van der Waals surface area contributed by atoms with E-state index in [1.165, 1.54) is 0 Å². The first-order chi connectivity index (χ1) is 14.8. The van der Waals surface area contributed by atoms with Gasteiger partial charge in [-0.05, 0) is 55.8 Å². The van der Waals surface area contributed by atoms with Gasteiger partial charge in [-0.1, -0.05) is 6.07 Å². The number of benzene rings is 2. The van der Waals surface area contributed by atoms with E-state index in [0.29, 0.717) is 11.5 Å². The molecular weight excluding hydrogens is 390 g/mol. The molecule has 5 rings (SSSR count). The smallest absolute Gasteiger partial charge is 0.252 e. The maximum absolute atomic E-state index is 12.3. The summed E-state index contributed by atoms with van der Waals surface area (Å²) < 4.78 is 1.85. The van der Waals surface area contributed by atoms with Gasteiger partial charge in [0.15, 0.2) is 0 Å². The molecule has 0 radical (unpaired) electrons. The number of carbonyl (C=O) groups excluding carboxylic acids is 1. The molecule has 1 aliphatic heterocycles. The molecule has 0 unspecified atom stereocenters. The molecular formula is C23H23N7O. The highest BCUT2D eigenvalue weighted by Gasteiger charge is 2.34. The van der Waals surface area contributed by atoms with Crippen LogP contribution < -0.4 is 15.5 Å². The third kappa shape index (κ3) is 3.26. The molecule has 156 valence electrons. The number of fused-ring (bicyclic) bond motifs is 2. The van der Waals surface area contributed by atoms with Gasteiger partial charge in [-0.3, -0.25) is 9.48 Å². The van der Waals surface area contributed by atoms with Gasteiger partial charge in [0.1, 0.15) is 5.82 Å². The van der Waals surface area contributed by atoms with Gasteiger partial charge in [0.05, 0.1) is 17.3 Å². The molecule has 2 aromatic carbocycles. The van der Waals surface area contributed by atoms with E-state index in [0.717, 1.165) is 33.7 Å². The largest absolute Gasteiger partial charge is 0.343 e. The standard InChI is InChI=1S/C23H23N7O/c1-23(2)18-7-5-15(12-17(18)21(31)28-23)26-22-24-10-9-20(27-22)29(3)16-6-8-19-14(11-16)13-25-30(19)4/h5-13H,1-4H3,(H,28,31)(H,24,26,27). The Balaban J connectivity index is 1.41. The number of nitrogens with zero attached hydrogens (tertiary/aromatic N) is 5. The number of carbonyl (C=O) groups is 1. The summed E-state index contributed by atoms with van der Waals surface area (Å²) >= 11 is 0. The van der Waals surface area contributed by atoms with Gasteiger partial charge in [-0.2, -0.15) is 10.1 Å². The summed E-state index contributed by atoms with van der Waals surface area (Å²) in [4.78, 5) is 23.3. The monoisotopic (exact) mass is 413 g/mol. The van der Waals surface area contributed by atoms with Gasteiger partial charge >= 0.3 is 0 Å². The number of aryl methyl sites for hydroxylation is 1. The Labute approximate surface area is 179 Å². The van der Waals surface area contributed by atoms with E-state index in [2.05, 4.69) is 31.8 Å². The Bertz CT molecular complexity index is 1320. The fraction of sp³-hybridized carbons (Fsp3) is 0.217. The van der Waals surface area contributed by atoms with Crippen molar-refractivity contribution >= 4 is 40.0 Å². The molecule has 0 atom stereocenters. The molecule has 1 aliphatic rings. The van der Waals surface area contributed by atoms with Crippen LogP contribution in [0.3, 0.4) is 0 Å². The molecule has 3 heterocycles.